The monoisotopic (exact) mass is 415 g/mol. The van der Waals surface area contributed by atoms with Gasteiger partial charge in [0.1, 0.15) is 11.6 Å². The number of carbonyl (C=O) groups is 3. The third kappa shape index (κ3) is 3.35. The second kappa shape index (κ2) is 7.47. The van der Waals surface area contributed by atoms with Crippen molar-refractivity contribution in [2.45, 2.75) is 49.3 Å². The minimum atomic E-state index is -0.930. The molecule has 1 unspecified atom stereocenters. The fourth-order valence-electron chi connectivity index (χ4n) is 3.86. The largest absolute Gasteiger partial charge is 0.325 e. The summed E-state index contributed by atoms with van der Waals surface area (Å²) in [6, 6.07) is 5.60. The Morgan fingerprint density at radius 3 is 2.79 bits per heavy atom. The topological polar surface area (TPSA) is 122 Å². The summed E-state index contributed by atoms with van der Waals surface area (Å²) in [6.45, 7) is 1.55. The summed E-state index contributed by atoms with van der Waals surface area (Å²) in [7, 11) is 0. The quantitative estimate of drug-likeness (QED) is 0.561. The molecule has 0 radical (unpaired) electrons. The van der Waals surface area contributed by atoms with Crippen LogP contribution in [0.5, 0.6) is 0 Å². The van der Waals surface area contributed by atoms with Crippen LogP contribution in [0.4, 0.5) is 10.5 Å². The number of nitrogens with one attached hydrogen (secondary N) is 2. The van der Waals surface area contributed by atoms with Gasteiger partial charge in [0.15, 0.2) is 0 Å². The number of anilines is 1. The van der Waals surface area contributed by atoms with Gasteiger partial charge in [-0.25, -0.2) is 9.69 Å². The first kappa shape index (κ1) is 19.4. The molecule has 152 valence electrons. The average molecular weight is 415 g/mol. The first-order valence-electron chi connectivity index (χ1n) is 9.35. The van der Waals surface area contributed by atoms with Crippen LogP contribution in [0.15, 0.2) is 29.4 Å². The third-order valence-electron chi connectivity index (χ3n) is 5.40. The number of hydrogen-bond acceptors (Lipinski definition) is 7. The molecule has 2 N–H and O–H groups in total. The van der Waals surface area contributed by atoms with Gasteiger partial charge in [-0.15, -0.1) is 5.10 Å². The van der Waals surface area contributed by atoms with Crippen molar-refractivity contribution in [3.8, 4) is 5.69 Å². The molecule has 4 rings (SSSR count). The Kier molecular flexibility index (Phi) is 4.99. The van der Waals surface area contributed by atoms with Gasteiger partial charge in [0.25, 0.3) is 5.91 Å². The molecule has 2 fully saturated rings. The lowest BCUT2D eigenvalue weighted by Gasteiger charge is -2.23. The van der Waals surface area contributed by atoms with E-state index in [0.29, 0.717) is 29.4 Å². The van der Waals surface area contributed by atoms with Crippen molar-refractivity contribution in [2.24, 2.45) is 0 Å². The summed E-state index contributed by atoms with van der Waals surface area (Å²) in [4.78, 5) is 39.1. The molecule has 10 nitrogen and oxygen atoms in total. The second-order valence-electron chi connectivity index (χ2n) is 7.19. The fourth-order valence-corrected chi connectivity index (χ4v) is 4.29. The molecular weight excluding hydrogens is 394 g/mol. The molecule has 29 heavy (non-hydrogen) atoms. The van der Waals surface area contributed by atoms with Crippen LogP contribution in [-0.4, -0.2) is 60.8 Å². The van der Waals surface area contributed by atoms with Crippen LogP contribution >= 0.6 is 11.8 Å². The smallest absolute Gasteiger partial charge is 0.324 e. The molecule has 2 aliphatic rings. The molecule has 1 aliphatic heterocycles. The number of urea groups is 1. The minimum absolute atomic E-state index is 0.310. The first-order valence-corrected chi connectivity index (χ1v) is 10.6. The van der Waals surface area contributed by atoms with Crippen molar-refractivity contribution in [3.05, 3.63) is 24.3 Å². The number of benzene rings is 1. The Bertz CT molecular complexity index is 970. The molecule has 1 spiro atoms. The molecular formula is C18H21N7O3S. The summed E-state index contributed by atoms with van der Waals surface area (Å²) in [5, 5.41) is 17.7. The van der Waals surface area contributed by atoms with Crippen LogP contribution in [0.2, 0.25) is 0 Å². The normalized spacial score (nSPS) is 18.9. The van der Waals surface area contributed by atoms with E-state index in [4.69, 9.17) is 0 Å². The zero-order chi connectivity index (χ0) is 20.6. The Morgan fingerprint density at radius 1 is 1.31 bits per heavy atom. The maximum atomic E-state index is 12.9. The summed E-state index contributed by atoms with van der Waals surface area (Å²) < 4.78 is 1.56. The summed E-state index contributed by atoms with van der Waals surface area (Å²) in [6.07, 6.45) is 4.89. The van der Waals surface area contributed by atoms with E-state index in [1.54, 1.807) is 29.8 Å². The van der Waals surface area contributed by atoms with Gasteiger partial charge in [0.2, 0.25) is 11.1 Å². The number of aromatic nitrogens is 4. The number of tetrazole rings is 1. The minimum Gasteiger partial charge on any atom is -0.324 e. The Labute approximate surface area is 171 Å². The van der Waals surface area contributed by atoms with Crippen molar-refractivity contribution in [1.29, 1.82) is 0 Å². The van der Waals surface area contributed by atoms with Gasteiger partial charge in [-0.3, -0.25) is 9.59 Å². The van der Waals surface area contributed by atoms with Crippen molar-refractivity contribution in [1.82, 2.24) is 30.4 Å². The Hall–Kier alpha value is -2.95. The van der Waals surface area contributed by atoms with E-state index in [9.17, 15) is 14.4 Å². The van der Waals surface area contributed by atoms with Gasteiger partial charge in [-0.1, -0.05) is 30.7 Å². The number of rotatable bonds is 5. The lowest BCUT2D eigenvalue weighted by atomic mass is 9.97. The molecule has 2 aromatic rings. The summed E-state index contributed by atoms with van der Waals surface area (Å²) >= 11 is 1.40. The van der Waals surface area contributed by atoms with Gasteiger partial charge in [-0.05, 0) is 54.6 Å². The van der Waals surface area contributed by atoms with Crippen molar-refractivity contribution in [2.75, 3.05) is 11.6 Å². The van der Waals surface area contributed by atoms with Gasteiger partial charge >= 0.3 is 6.03 Å². The van der Waals surface area contributed by atoms with Crippen LogP contribution in [0.25, 0.3) is 5.69 Å². The molecule has 1 aliphatic carbocycles. The lowest BCUT2D eigenvalue weighted by molar-refractivity contribution is -0.136. The molecule has 1 saturated heterocycles. The van der Waals surface area contributed by atoms with E-state index in [2.05, 4.69) is 26.2 Å². The number of nitrogens with zero attached hydrogens (tertiary/aromatic N) is 5. The average Bonchev–Trinajstić information content (AvgIpc) is 3.42. The van der Waals surface area contributed by atoms with E-state index in [1.807, 2.05) is 12.3 Å². The predicted molar refractivity (Wildman–Crippen MR) is 106 cm³/mol. The summed E-state index contributed by atoms with van der Waals surface area (Å²) in [5.74, 6) is -0.753. The van der Waals surface area contributed by atoms with Gasteiger partial charge in [-0.2, -0.15) is 4.68 Å². The van der Waals surface area contributed by atoms with E-state index in [-0.39, 0.29) is 5.91 Å². The highest BCUT2D eigenvalue weighted by Gasteiger charge is 2.54. The molecule has 1 aromatic carbocycles. The van der Waals surface area contributed by atoms with Crippen molar-refractivity contribution in [3.63, 3.8) is 0 Å². The maximum Gasteiger partial charge on any atom is 0.325 e. The van der Waals surface area contributed by atoms with Crippen LogP contribution < -0.4 is 10.6 Å². The lowest BCUT2D eigenvalue weighted by Crippen LogP contribution is -2.48. The fraction of sp³-hybridized carbons (Fsp3) is 0.444. The number of amides is 4. The third-order valence-corrected chi connectivity index (χ3v) is 6.02. The van der Waals surface area contributed by atoms with Gasteiger partial charge in [0, 0.05) is 5.69 Å². The van der Waals surface area contributed by atoms with Crippen LogP contribution in [0.3, 0.4) is 0 Å². The molecule has 1 atom stereocenters. The second-order valence-corrected chi connectivity index (χ2v) is 7.96. The van der Waals surface area contributed by atoms with E-state index < -0.39 is 23.5 Å². The number of thioether (sulfide) groups is 1. The highest BCUT2D eigenvalue weighted by Crippen LogP contribution is 2.35. The molecule has 1 aromatic heterocycles. The van der Waals surface area contributed by atoms with Gasteiger partial charge in [0.05, 0.1) is 5.69 Å². The molecule has 1 saturated carbocycles. The van der Waals surface area contributed by atoms with E-state index in [1.165, 1.54) is 11.8 Å². The number of hydrogen-bond donors (Lipinski definition) is 2. The van der Waals surface area contributed by atoms with Crippen LogP contribution in [0.1, 0.15) is 32.6 Å². The van der Waals surface area contributed by atoms with E-state index in [0.717, 1.165) is 17.7 Å². The predicted octanol–water partition coefficient (Wildman–Crippen LogP) is 1.58. The van der Waals surface area contributed by atoms with Crippen molar-refractivity contribution >= 4 is 35.3 Å². The molecule has 4 amide bonds. The Balaban J connectivity index is 1.50. The summed E-state index contributed by atoms with van der Waals surface area (Å²) in [5.41, 5.74) is 0.370. The molecule has 0 bridgehead atoms. The highest BCUT2D eigenvalue weighted by molar-refractivity contribution is 7.98. The standard InChI is InChI=1S/C18H21N7O3S/c1-11(24-15(27)18(20-16(24)28)8-3-4-9-18)14(26)19-12-6-5-7-13(10-12)25-17(29-2)21-22-23-25/h5-7,10-11H,3-4,8-9H2,1-2H3,(H,19,26)(H,20,28). The van der Waals surface area contributed by atoms with Crippen molar-refractivity contribution < 1.29 is 14.4 Å². The van der Waals surface area contributed by atoms with Crippen LogP contribution in [-0.2, 0) is 9.59 Å². The SMILES string of the molecule is CSc1nnnn1-c1cccc(NC(=O)C(C)N2C(=O)NC3(CCCC3)C2=O)c1. The van der Waals surface area contributed by atoms with Crippen LogP contribution in [0, 0.1) is 0 Å². The number of carbonyl (C=O) groups excluding carboxylic acids is 3. The zero-order valence-corrected chi connectivity index (χ0v) is 16.9. The van der Waals surface area contributed by atoms with Gasteiger partial charge < -0.3 is 10.6 Å². The number of imide groups is 1. The maximum absolute atomic E-state index is 12.9. The highest BCUT2D eigenvalue weighted by atomic mass is 32.2. The molecule has 2 heterocycles. The van der Waals surface area contributed by atoms with E-state index >= 15 is 0 Å². The Morgan fingerprint density at radius 2 is 2.07 bits per heavy atom. The molecule has 11 heteroatoms. The first-order chi connectivity index (χ1) is 13.9. The zero-order valence-electron chi connectivity index (χ0n) is 16.1.